The van der Waals surface area contributed by atoms with Gasteiger partial charge >= 0.3 is 0 Å². The molecule has 0 saturated carbocycles. The molecule has 8 nitrogen and oxygen atoms in total. The first-order valence-electron chi connectivity index (χ1n) is 9.80. The maximum absolute atomic E-state index is 12.6. The summed E-state index contributed by atoms with van der Waals surface area (Å²) in [7, 11) is 0.465. The molecule has 0 saturated heterocycles. The largest absolute Gasteiger partial charge is 0.495 e. The van der Waals surface area contributed by atoms with Crippen LogP contribution in [0.25, 0.3) is 0 Å². The molecule has 32 heavy (non-hydrogen) atoms. The Morgan fingerprint density at radius 3 is 2.44 bits per heavy atom. The summed E-state index contributed by atoms with van der Waals surface area (Å²) in [6.07, 6.45) is 3.46. The Labute approximate surface area is 187 Å². The molecule has 9 heteroatoms. The van der Waals surface area contributed by atoms with Crippen molar-refractivity contribution in [2.75, 3.05) is 21.2 Å². The standard InChI is InChI=1S/C23H25N3O5S/c1-26(2)32(28,29)22-13-19(8-11-21(22)30-3)23(27)25-15-17-6-9-20(10-7-17)31-16-18-5-4-12-24-14-18/h4-14H,15-16H2,1-3H3,(H,25,27). The molecule has 0 bridgehead atoms. The van der Waals surface area contributed by atoms with E-state index >= 15 is 0 Å². The van der Waals surface area contributed by atoms with E-state index in [1.54, 1.807) is 12.4 Å². The van der Waals surface area contributed by atoms with E-state index in [1.165, 1.54) is 39.4 Å². The Kier molecular flexibility index (Phi) is 7.45. The van der Waals surface area contributed by atoms with Gasteiger partial charge in [-0.05, 0) is 42.0 Å². The van der Waals surface area contributed by atoms with E-state index in [0.717, 1.165) is 15.4 Å². The molecule has 0 unspecified atom stereocenters. The molecule has 0 aliphatic rings. The van der Waals surface area contributed by atoms with Crippen LogP contribution in [0.1, 0.15) is 21.5 Å². The van der Waals surface area contributed by atoms with E-state index in [-0.39, 0.29) is 28.7 Å². The van der Waals surface area contributed by atoms with Gasteiger partial charge in [-0.25, -0.2) is 12.7 Å². The summed E-state index contributed by atoms with van der Waals surface area (Å²) in [6.45, 7) is 0.698. The van der Waals surface area contributed by atoms with Crippen molar-refractivity contribution in [1.29, 1.82) is 0 Å². The van der Waals surface area contributed by atoms with Crippen molar-refractivity contribution in [3.05, 3.63) is 83.7 Å². The molecule has 168 valence electrons. The van der Waals surface area contributed by atoms with Crippen molar-refractivity contribution in [3.8, 4) is 11.5 Å². The lowest BCUT2D eigenvalue weighted by Crippen LogP contribution is -2.25. The number of rotatable bonds is 9. The van der Waals surface area contributed by atoms with E-state index in [0.29, 0.717) is 12.4 Å². The number of carbonyl (C=O) groups excluding carboxylic acids is 1. The lowest BCUT2D eigenvalue weighted by atomic mass is 10.2. The molecule has 0 aliphatic carbocycles. The van der Waals surface area contributed by atoms with Gasteiger partial charge in [-0.15, -0.1) is 0 Å². The summed E-state index contributed by atoms with van der Waals surface area (Å²) in [5, 5.41) is 2.80. The van der Waals surface area contributed by atoms with Crippen LogP contribution in [0.5, 0.6) is 11.5 Å². The van der Waals surface area contributed by atoms with Gasteiger partial charge in [0.05, 0.1) is 7.11 Å². The smallest absolute Gasteiger partial charge is 0.251 e. The number of hydrogen-bond donors (Lipinski definition) is 1. The number of pyridine rings is 1. The van der Waals surface area contributed by atoms with E-state index in [2.05, 4.69) is 10.3 Å². The van der Waals surface area contributed by atoms with Gasteiger partial charge in [0.25, 0.3) is 5.91 Å². The van der Waals surface area contributed by atoms with Gasteiger partial charge in [0.15, 0.2) is 0 Å². The molecule has 0 fully saturated rings. The second kappa shape index (κ2) is 10.3. The zero-order valence-electron chi connectivity index (χ0n) is 18.1. The predicted octanol–water partition coefficient (Wildman–Crippen LogP) is 2.85. The molecule has 3 aromatic rings. The Morgan fingerprint density at radius 2 is 1.81 bits per heavy atom. The summed E-state index contributed by atoms with van der Waals surface area (Å²) in [5.41, 5.74) is 2.07. The van der Waals surface area contributed by atoms with E-state index < -0.39 is 10.0 Å². The maximum atomic E-state index is 12.6. The summed E-state index contributed by atoms with van der Waals surface area (Å²) in [4.78, 5) is 16.6. The normalized spacial score (nSPS) is 11.2. The number of ether oxygens (including phenoxy) is 2. The molecule has 1 N–H and O–H groups in total. The summed E-state index contributed by atoms with van der Waals surface area (Å²) >= 11 is 0. The molecule has 1 amide bonds. The zero-order chi connectivity index (χ0) is 23.1. The molecule has 0 radical (unpaired) electrons. The monoisotopic (exact) mass is 455 g/mol. The van der Waals surface area contributed by atoms with Crippen LogP contribution in [0.4, 0.5) is 0 Å². The van der Waals surface area contributed by atoms with Crippen molar-refractivity contribution in [2.45, 2.75) is 18.0 Å². The van der Waals surface area contributed by atoms with Gasteiger partial charge in [0.1, 0.15) is 23.0 Å². The van der Waals surface area contributed by atoms with Gasteiger partial charge < -0.3 is 14.8 Å². The van der Waals surface area contributed by atoms with Crippen molar-refractivity contribution < 1.29 is 22.7 Å². The molecular formula is C23H25N3O5S. The lowest BCUT2D eigenvalue weighted by Gasteiger charge is -2.15. The molecule has 3 rings (SSSR count). The van der Waals surface area contributed by atoms with Crippen LogP contribution in [0, 0.1) is 0 Å². The first-order valence-corrected chi connectivity index (χ1v) is 11.2. The fourth-order valence-electron chi connectivity index (χ4n) is 2.85. The first kappa shape index (κ1) is 23.2. The first-order chi connectivity index (χ1) is 15.3. The number of benzene rings is 2. The highest BCUT2D eigenvalue weighted by Crippen LogP contribution is 2.27. The van der Waals surface area contributed by atoms with Crippen LogP contribution in [0.2, 0.25) is 0 Å². The van der Waals surface area contributed by atoms with Crippen LogP contribution in [-0.2, 0) is 23.2 Å². The zero-order valence-corrected chi connectivity index (χ0v) is 18.9. The molecular weight excluding hydrogens is 430 g/mol. The van der Waals surface area contributed by atoms with Crippen LogP contribution >= 0.6 is 0 Å². The number of hydrogen-bond acceptors (Lipinski definition) is 6. The Morgan fingerprint density at radius 1 is 1.06 bits per heavy atom. The SMILES string of the molecule is COc1ccc(C(=O)NCc2ccc(OCc3cccnc3)cc2)cc1S(=O)(=O)N(C)C. The topological polar surface area (TPSA) is 97.8 Å². The highest BCUT2D eigenvalue weighted by molar-refractivity contribution is 7.89. The molecule has 0 aliphatic heterocycles. The number of sulfonamides is 1. The number of nitrogens with zero attached hydrogens (tertiary/aromatic N) is 2. The molecule has 0 atom stereocenters. The number of nitrogens with one attached hydrogen (secondary N) is 1. The van der Waals surface area contributed by atoms with Gasteiger partial charge in [0, 0.05) is 44.2 Å². The minimum absolute atomic E-state index is 0.0623. The van der Waals surface area contributed by atoms with Gasteiger partial charge in [-0.3, -0.25) is 9.78 Å². The average Bonchev–Trinajstić information content (AvgIpc) is 2.82. The minimum atomic E-state index is -3.76. The number of methoxy groups -OCH3 is 1. The van der Waals surface area contributed by atoms with Gasteiger partial charge in [-0.1, -0.05) is 18.2 Å². The van der Waals surface area contributed by atoms with Crippen molar-refractivity contribution in [1.82, 2.24) is 14.6 Å². The number of amides is 1. The van der Waals surface area contributed by atoms with Crippen molar-refractivity contribution in [2.24, 2.45) is 0 Å². The average molecular weight is 456 g/mol. The fourth-order valence-corrected chi connectivity index (χ4v) is 3.93. The van der Waals surface area contributed by atoms with Crippen LogP contribution in [0.15, 0.2) is 71.9 Å². The van der Waals surface area contributed by atoms with Crippen LogP contribution in [0.3, 0.4) is 0 Å². The third-order valence-corrected chi connectivity index (χ3v) is 6.53. The second-order valence-corrected chi connectivity index (χ2v) is 9.25. The van der Waals surface area contributed by atoms with Crippen LogP contribution in [-0.4, -0.2) is 44.8 Å². The molecule has 1 heterocycles. The number of carbonyl (C=O) groups is 1. The lowest BCUT2D eigenvalue weighted by molar-refractivity contribution is 0.0950. The van der Waals surface area contributed by atoms with Crippen molar-refractivity contribution in [3.63, 3.8) is 0 Å². The predicted molar refractivity (Wildman–Crippen MR) is 120 cm³/mol. The van der Waals surface area contributed by atoms with Gasteiger partial charge in [0.2, 0.25) is 10.0 Å². The quantitative estimate of drug-likeness (QED) is 0.533. The highest BCUT2D eigenvalue weighted by Gasteiger charge is 2.23. The Hall–Kier alpha value is -3.43. The minimum Gasteiger partial charge on any atom is -0.495 e. The van der Waals surface area contributed by atoms with Crippen LogP contribution < -0.4 is 14.8 Å². The highest BCUT2D eigenvalue weighted by atomic mass is 32.2. The van der Waals surface area contributed by atoms with E-state index in [4.69, 9.17) is 9.47 Å². The Bertz CT molecular complexity index is 1160. The summed E-state index contributed by atoms with van der Waals surface area (Å²) in [6, 6.07) is 15.5. The Balaban J connectivity index is 1.63. The second-order valence-electron chi connectivity index (χ2n) is 7.13. The van der Waals surface area contributed by atoms with Gasteiger partial charge in [-0.2, -0.15) is 0 Å². The van der Waals surface area contributed by atoms with E-state index in [1.807, 2.05) is 36.4 Å². The number of aromatic nitrogens is 1. The molecule has 2 aromatic carbocycles. The van der Waals surface area contributed by atoms with Crippen molar-refractivity contribution >= 4 is 15.9 Å². The maximum Gasteiger partial charge on any atom is 0.251 e. The third-order valence-electron chi connectivity index (χ3n) is 4.69. The summed E-state index contributed by atoms with van der Waals surface area (Å²) in [5.74, 6) is 0.495. The van der Waals surface area contributed by atoms with E-state index in [9.17, 15) is 13.2 Å². The molecule has 1 aromatic heterocycles. The fraction of sp³-hybridized carbons (Fsp3) is 0.217. The summed E-state index contributed by atoms with van der Waals surface area (Å²) < 4.78 is 37.0. The molecule has 0 spiro atoms. The third kappa shape index (κ3) is 5.63.